The molecule has 2 aromatic rings. The van der Waals surface area contributed by atoms with Gasteiger partial charge in [0.25, 0.3) is 5.91 Å². The Kier molecular flexibility index (Phi) is 4.99. The van der Waals surface area contributed by atoms with Crippen molar-refractivity contribution >= 4 is 29.0 Å². The Morgan fingerprint density at radius 1 is 1.16 bits per heavy atom. The average Bonchev–Trinajstić information content (AvgIpc) is 3.25. The molecule has 7 nitrogen and oxygen atoms in total. The van der Waals surface area contributed by atoms with E-state index in [-0.39, 0.29) is 25.7 Å². The zero-order valence-electron chi connectivity index (χ0n) is 13.4. The van der Waals surface area contributed by atoms with Crippen LogP contribution in [0.4, 0.5) is 0 Å². The Labute approximate surface area is 147 Å². The molecule has 0 bridgehead atoms. The number of ether oxygens (including phenoxy) is 3. The van der Waals surface area contributed by atoms with Crippen LogP contribution in [0.5, 0.6) is 11.5 Å². The van der Waals surface area contributed by atoms with Crippen molar-refractivity contribution in [2.24, 2.45) is 0 Å². The number of fused-ring (bicyclic) bond motifs is 1. The van der Waals surface area contributed by atoms with Crippen LogP contribution >= 0.6 is 11.3 Å². The van der Waals surface area contributed by atoms with Crippen LogP contribution in [0.15, 0.2) is 30.3 Å². The molecule has 8 heteroatoms. The summed E-state index contributed by atoms with van der Waals surface area (Å²) in [5, 5.41) is 2.44. The fourth-order valence-corrected chi connectivity index (χ4v) is 2.94. The lowest BCUT2D eigenvalue weighted by molar-refractivity contribution is -0.141. The van der Waals surface area contributed by atoms with Gasteiger partial charge in [0, 0.05) is 10.4 Å². The van der Waals surface area contributed by atoms with Crippen molar-refractivity contribution in [2.75, 3.05) is 19.9 Å². The van der Waals surface area contributed by atoms with E-state index in [9.17, 15) is 14.4 Å². The zero-order chi connectivity index (χ0) is 17.8. The largest absolute Gasteiger partial charge is 0.456 e. The fraction of sp³-hybridized carbons (Fsp3) is 0.235. The molecular weight excluding hydrogens is 346 g/mol. The molecule has 1 N–H and O–H groups in total. The fourth-order valence-electron chi connectivity index (χ4n) is 2.14. The summed E-state index contributed by atoms with van der Waals surface area (Å²) in [6, 6.07) is 8.24. The summed E-state index contributed by atoms with van der Waals surface area (Å²) in [6.45, 7) is 1.33. The molecule has 1 aliphatic heterocycles. The summed E-state index contributed by atoms with van der Waals surface area (Å²) < 4.78 is 15.2. The summed E-state index contributed by atoms with van der Waals surface area (Å²) in [6.07, 6.45) is 0. The minimum atomic E-state index is -0.685. The molecule has 0 saturated heterocycles. The van der Waals surface area contributed by atoms with E-state index < -0.39 is 11.9 Å². The number of esters is 1. The average molecular weight is 361 g/mol. The summed E-state index contributed by atoms with van der Waals surface area (Å²) >= 11 is 1.34. The Balaban J connectivity index is 1.45. The van der Waals surface area contributed by atoms with Crippen LogP contribution in [0, 0.1) is 6.92 Å². The number of Topliss-reactive ketones (excluding diaryl/α,β-unsaturated/α-hetero) is 1. The second-order valence-electron chi connectivity index (χ2n) is 5.24. The van der Waals surface area contributed by atoms with Crippen LogP contribution in [0.25, 0.3) is 0 Å². The molecular formula is C17H15NO6S. The van der Waals surface area contributed by atoms with Gasteiger partial charge < -0.3 is 19.5 Å². The number of hydrogen-bond donors (Lipinski definition) is 1. The van der Waals surface area contributed by atoms with Gasteiger partial charge in [-0.1, -0.05) is 0 Å². The van der Waals surface area contributed by atoms with Crippen LogP contribution in [0.1, 0.15) is 24.9 Å². The van der Waals surface area contributed by atoms with Crippen molar-refractivity contribution < 1.29 is 28.6 Å². The third-order valence-electron chi connectivity index (χ3n) is 3.41. The Morgan fingerprint density at radius 3 is 2.72 bits per heavy atom. The summed E-state index contributed by atoms with van der Waals surface area (Å²) in [4.78, 5) is 37.1. The van der Waals surface area contributed by atoms with E-state index in [1.165, 1.54) is 17.4 Å². The highest BCUT2D eigenvalue weighted by molar-refractivity contribution is 7.14. The molecule has 0 spiro atoms. The van der Waals surface area contributed by atoms with Crippen molar-refractivity contribution in [3.05, 3.63) is 45.6 Å². The molecule has 0 fully saturated rings. The number of amides is 1. The van der Waals surface area contributed by atoms with Crippen molar-refractivity contribution in [3.63, 3.8) is 0 Å². The summed E-state index contributed by atoms with van der Waals surface area (Å²) in [5.41, 5.74) is 0.335. The van der Waals surface area contributed by atoms with Crippen LogP contribution in [0.3, 0.4) is 0 Å². The molecule has 0 atom stereocenters. The number of benzene rings is 1. The maximum absolute atomic E-state index is 12.0. The normalized spacial score (nSPS) is 11.9. The molecule has 25 heavy (non-hydrogen) atoms. The van der Waals surface area contributed by atoms with Gasteiger partial charge in [0.15, 0.2) is 18.1 Å². The molecule has 1 aromatic carbocycles. The van der Waals surface area contributed by atoms with Crippen LogP contribution in [0.2, 0.25) is 0 Å². The third-order valence-corrected chi connectivity index (χ3v) is 4.45. The SMILES string of the molecule is Cc1ccc(C(=O)COC(=O)CNC(=O)c2ccc3c(c2)OCO3)s1. The van der Waals surface area contributed by atoms with E-state index in [1.54, 1.807) is 18.2 Å². The molecule has 0 saturated carbocycles. The highest BCUT2D eigenvalue weighted by Crippen LogP contribution is 2.32. The Hall–Kier alpha value is -2.87. The van der Waals surface area contributed by atoms with E-state index in [0.717, 1.165) is 4.88 Å². The molecule has 1 amide bonds. The number of hydrogen-bond acceptors (Lipinski definition) is 7. The van der Waals surface area contributed by atoms with E-state index in [1.807, 2.05) is 13.0 Å². The first-order valence-corrected chi connectivity index (χ1v) is 8.27. The predicted octanol–water partition coefficient (Wildman–Crippen LogP) is 1.94. The van der Waals surface area contributed by atoms with E-state index in [4.69, 9.17) is 14.2 Å². The smallest absolute Gasteiger partial charge is 0.325 e. The van der Waals surface area contributed by atoms with Gasteiger partial charge in [-0.15, -0.1) is 11.3 Å². The first kappa shape index (κ1) is 17.0. The molecule has 1 aliphatic rings. The maximum Gasteiger partial charge on any atom is 0.325 e. The number of thiophene rings is 1. The van der Waals surface area contributed by atoms with Gasteiger partial charge in [-0.05, 0) is 37.3 Å². The second-order valence-corrected chi connectivity index (χ2v) is 6.53. The van der Waals surface area contributed by atoms with Crippen molar-refractivity contribution in [1.82, 2.24) is 5.32 Å². The highest BCUT2D eigenvalue weighted by atomic mass is 32.1. The van der Waals surface area contributed by atoms with Gasteiger partial charge in [-0.2, -0.15) is 0 Å². The lowest BCUT2D eigenvalue weighted by Gasteiger charge is -2.06. The van der Waals surface area contributed by atoms with Crippen molar-refractivity contribution in [3.8, 4) is 11.5 Å². The number of ketones is 1. The third kappa shape index (κ3) is 4.16. The topological polar surface area (TPSA) is 90.9 Å². The molecule has 3 rings (SSSR count). The maximum atomic E-state index is 12.0. The molecule has 130 valence electrons. The lowest BCUT2D eigenvalue weighted by atomic mass is 10.2. The van der Waals surface area contributed by atoms with Gasteiger partial charge in [0.05, 0.1) is 4.88 Å². The standard InChI is InChI=1S/C17H15NO6S/c1-10-2-5-15(25-10)12(19)8-22-16(20)7-18-17(21)11-3-4-13-14(6-11)24-9-23-13/h2-6H,7-9H2,1H3,(H,18,21). The van der Waals surface area contributed by atoms with E-state index in [2.05, 4.69) is 5.32 Å². The molecule has 0 unspecified atom stereocenters. The second kappa shape index (κ2) is 7.35. The Bertz CT molecular complexity index is 828. The molecule has 2 heterocycles. The number of carbonyl (C=O) groups is 3. The first-order valence-electron chi connectivity index (χ1n) is 7.46. The minimum Gasteiger partial charge on any atom is -0.456 e. The summed E-state index contributed by atoms with van der Waals surface area (Å²) in [7, 11) is 0. The Morgan fingerprint density at radius 2 is 1.96 bits per heavy atom. The number of carbonyl (C=O) groups excluding carboxylic acids is 3. The zero-order valence-corrected chi connectivity index (χ0v) is 14.2. The van der Waals surface area contributed by atoms with Crippen LogP contribution in [-0.2, 0) is 9.53 Å². The molecule has 1 aromatic heterocycles. The van der Waals surface area contributed by atoms with Crippen LogP contribution < -0.4 is 14.8 Å². The van der Waals surface area contributed by atoms with Gasteiger partial charge in [0.1, 0.15) is 6.54 Å². The predicted molar refractivity (Wildman–Crippen MR) is 89.2 cm³/mol. The van der Waals surface area contributed by atoms with Crippen molar-refractivity contribution in [2.45, 2.75) is 6.92 Å². The van der Waals surface area contributed by atoms with Gasteiger partial charge in [-0.3, -0.25) is 14.4 Å². The van der Waals surface area contributed by atoms with Gasteiger partial charge >= 0.3 is 5.97 Å². The lowest BCUT2D eigenvalue weighted by Crippen LogP contribution is -2.31. The quantitative estimate of drug-likeness (QED) is 0.625. The highest BCUT2D eigenvalue weighted by Gasteiger charge is 2.17. The van der Waals surface area contributed by atoms with Crippen LogP contribution in [-0.4, -0.2) is 37.6 Å². The van der Waals surface area contributed by atoms with Crippen molar-refractivity contribution in [1.29, 1.82) is 0 Å². The number of nitrogens with one attached hydrogen (secondary N) is 1. The first-order chi connectivity index (χ1) is 12.0. The monoisotopic (exact) mass is 361 g/mol. The summed E-state index contributed by atoms with van der Waals surface area (Å²) in [5.74, 6) is -0.356. The number of aryl methyl sites for hydroxylation is 1. The van der Waals surface area contributed by atoms with E-state index in [0.29, 0.717) is 21.9 Å². The van der Waals surface area contributed by atoms with E-state index >= 15 is 0 Å². The molecule has 0 aliphatic carbocycles. The van der Waals surface area contributed by atoms with Gasteiger partial charge in [-0.25, -0.2) is 0 Å². The number of rotatable bonds is 6. The molecule has 0 radical (unpaired) electrons. The van der Waals surface area contributed by atoms with Gasteiger partial charge in [0.2, 0.25) is 12.6 Å². The minimum absolute atomic E-state index is 0.116.